The van der Waals surface area contributed by atoms with Crippen LogP contribution in [0.3, 0.4) is 0 Å². The first-order valence-corrected chi connectivity index (χ1v) is 6.70. The Kier molecular flexibility index (Phi) is 4.68. The van der Waals surface area contributed by atoms with Gasteiger partial charge in [0.1, 0.15) is 17.4 Å². The minimum Gasteiger partial charge on any atom is -0.490 e. The summed E-state index contributed by atoms with van der Waals surface area (Å²) in [7, 11) is 0. The maximum atomic E-state index is 13.6. The molecule has 0 aliphatic rings. The largest absolute Gasteiger partial charge is 0.490 e. The number of carbonyl (C=O) groups excluding carboxylic acids is 1. The van der Waals surface area contributed by atoms with Crippen LogP contribution in [0.1, 0.15) is 29.8 Å². The molecule has 0 saturated carbocycles. The second-order valence-electron chi connectivity index (χ2n) is 5.00. The van der Waals surface area contributed by atoms with Crippen LogP contribution in [0.5, 0.6) is 5.75 Å². The first-order valence-electron chi connectivity index (χ1n) is 6.70. The van der Waals surface area contributed by atoms with E-state index in [0.717, 1.165) is 12.1 Å². The highest BCUT2D eigenvalue weighted by Crippen LogP contribution is 2.22. The summed E-state index contributed by atoms with van der Waals surface area (Å²) < 4.78 is 32.1. The molecule has 21 heavy (non-hydrogen) atoms. The molecule has 0 amide bonds. The fraction of sp³-hybridized carbons (Fsp3) is 0.235. The van der Waals surface area contributed by atoms with Gasteiger partial charge in [0.2, 0.25) is 0 Å². The lowest BCUT2D eigenvalue weighted by Crippen LogP contribution is -2.12. The van der Waals surface area contributed by atoms with Gasteiger partial charge in [-0.15, -0.1) is 0 Å². The molecule has 0 aliphatic heterocycles. The van der Waals surface area contributed by atoms with E-state index in [0.29, 0.717) is 11.3 Å². The van der Waals surface area contributed by atoms with Crippen LogP contribution in [-0.2, 0) is 6.42 Å². The van der Waals surface area contributed by atoms with Gasteiger partial charge in [0.05, 0.1) is 11.7 Å². The van der Waals surface area contributed by atoms with Crippen molar-refractivity contribution >= 4 is 5.78 Å². The molecule has 0 saturated heterocycles. The number of carbonyl (C=O) groups is 1. The molecule has 0 radical (unpaired) electrons. The highest BCUT2D eigenvalue weighted by atomic mass is 19.1. The molecular formula is C17H16F2O2. The van der Waals surface area contributed by atoms with Crippen LogP contribution < -0.4 is 4.74 Å². The lowest BCUT2D eigenvalue weighted by atomic mass is 10.0. The lowest BCUT2D eigenvalue weighted by molar-refractivity contribution is 0.0986. The Balaban J connectivity index is 2.24. The highest BCUT2D eigenvalue weighted by Gasteiger charge is 2.15. The average molecular weight is 290 g/mol. The van der Waals surface area contributed by atoms with Crippen molar-refractivity contribution in [2.75, 3.05) is 0 Å². The quantitative estimate of drug-likeness (QED) is 0.772. The Bertz CT molecular complexity index is 651. The van der Waals surface area contributed by atoms with Gasteiger partial charge in [-0.3, -0.25) is 4.79 Å². The maximum absolute atomic E-state index is 13.6. The normalized spacial score (nSPS) is 10.7. The number of hydrogen-bond donors (Lipinski definition) is 0. The molecule has 0 unspecified atom stereocenters. The Morgan fingerprint density at radius 3 is 2.52 bits per heavy atom. The van der Waals surface area contributed by atoms with Crippen molar-refractivity contribution in [3.63, 3.8) is 0 Å². The molecule has 0 fully saturated rings. The van der Waals surface area contributed by atoms with E-state index < -0.39 is 11.6 Å². The summed E-state index contributed by atoms with van der Waals surface area (Å²) in [5.41, 5.74) is 0.565. The summed E-state index contributed by atoms with van der Waals surface area (Å²) in [5.74, 6) is -1.17. The fourth-order valence-electron chi connectivity index (χ4n) is 1.99. The standard InChI is InChI=1S/C17H16F2O2/c1-11(2)21-17-6-4-3-5-14(17)16(20)9-12-7-8-13(18)10-15(12)19/h3-8,10-11H,9H2,1-2H3. The van der Waals surface area contributed by atoms with Gasteiger partial charge >= 0.3 is 0 Å². The van der Waals surface area contributed by atoms with Crippen molar-refractivity contribution in [1.29, 1.82) is 0 Å². The SMILES string of the molecule is CC(C)Oc1ccccc1C(=O)Cc1ccc(F)cc1F. The van der Waals surface area contributed by atoms with Gasteiger partial charge in [0, 0.05) is 12.5 Å². The number of rotatable bonds is 5. The van der Waals surface area contributed by atoms with Crippen molar-refractivity contribution < 1.29 is 18.3 Å². The van der Waals surface area contributed by atoms with E-state index in [1.54, 1.807) is 24.3 Å². The molecule has 0 spiro atoms. The highest BCUT2D eigenvalue weighted by molar-refractivity contribution is 6.00. The molecule has 0 heterocycles. The number of para-hydroxylation sites is 1. The van der Waals surface area contributed by atoms with Crippen LogP contribution in [0.2, 0.25) is 0 Å². The Hall–Kier alpha value is -2.23. The smallest absolute Gasteiger partial charge is 0.171 e. The van der Waals surface area contributed by atoms with Crippen molar-refractivity contribution in [3.8, 4) is 5.75 Å². The zero-order valence-electron chi connectivity index (χ0n) is 11.9. The average Bonchev–Trinajstić information content (AvgIpc) is 2.42. The maximum Gasteiger partial charge on any atom is 0.171 e. The van der Waals surface area contributed by atoms with Gasteiger partial charge in [0.25, 0.3) is 0 Å². The number of ketones is 1. The summed E-state index contributed by atoms with van der Waals surface area (Å²) in [6, 6.07) is 10.0. The summed E-state index contributed by atoms with van der Waals surface area (Å²) in [5, 5.41) is 0. The van der Waals surface area contributed by atoms with E-state index in [4.69, 9.17) is 4.74 Å². The van der Waals surface area contributed by atoms with Crippen molar-refractivity contribution in [3.05, 3.63) is 65.2 Å². The van der Waals surface area contributed by atoms with Gasteiger partial charge in [0.15, 0.2) is 5.78 Å². The van der Waals surface area contributed by atoms with E-state index >= 15 is 0 Å². The molecular weight excluding hydrogens is 274 g/mol. The van der Waals surface area contributed by atoms with Crippen LogP contribution in [0.25, 0.3) is 0 Å². The van der Waals surface area contributed by atoms with Crippen LogP contribution >= 0.6 is 0 Å². The molecule has 4 heteroatoms. The topological polar surface area (TPSA) is 26.3 Å². The van der Waals surface area contributed by atoms with Gasteiger partial charge in [-0.25, -0.2) is 8.78 Å². The van der Waals surface area contributed by atoms with Gasteiger partial charge < -0.3 is 4.74 Å². The molecule has 2 rings (SSSR count). The first-order chi connectivity index (χ1) is 9.97. The Morgan fingerprint density at radius 1 is 1.14 bits per heavy atom. The number of ether oxygens (including phenoxy) is 1. The van der Waals surface area contributed by atoms with E-state index in [9.17, 15) is 13.6 Å². The van der Waals surface area contributed by atoms with Crippen molar-refractivity contribution in [2.24, 2.45) is 0 Å². The molecule has 2 aromatic carbocycles. The molecule has 0 bridgehead atoms. The second-order valence-corrected chi connectivity index (χ2v) is 5.00. The Morgan fingerprint density at radius 2 is 1.86 bits per heavy atom. The van der Waals surface area contributed by atoms with Crippen LogP contribution in [-0.4, -0.2) is 11.9 Å². The van der Waals surface area contributed by atoms with E-state index in [1.807, 2.05) is 13.8 Å². The molecule has 2 aromatic rings. The van der Waals surface area contributed by atoms with Gasteiger partial charge in [-0.2, -0.15) is 0 Å². The third-order valence-electron chi connectivity index (χ3n) is 2.92. The predicted molar refractivity (Wildman–Crippen MR) is 76.6 cm³/mol. The number of hydrogen-bond acceptors (Lipinski definition) is 2. The zero-order chi connectivity index (χ0) is 15.4. The monoisotopic (exact) mass is 290 g/mol. The molecule has 0 atom stereocenters. The fourth-order valence-corrected chi connectivity index (χ4v) is 1.99. The van der Waals surface area contributed by atoms with Crippen LogP contribution in [0.15, 0.2) is 42.5 Å². The van der Waals surface area contributed by atoms with Crippen molar-refractivity contribution in [1.82, 2.24) is 0 Å². The second kappa shape index (κ2) is 6.48. The summed E-state index contributed by atoms with van der Waals surface area (Å²) in [6.45, 7) is 3.72. The molecule has 0 N–H and O–H groups in total. The molecule has 2 nitrogen and oxygen atoms in total. The minimum absolute atomic E-state index is 0.0680. The zero-order valence-corrected chi connectivity index (χ0v) is 11.9. The van der Waals surface area contributed by atoms with Gasteiger partial charge in [-0.1, -0.05) is 18.2 Å². The number of halogens is 2. The third kappa shape index (κ3) is 3.88. The third-order valence-corrected chi connectivity index (χ3v) is 2.92. The molecule has 0 aliphatic carbocycles. The van der Waals surface area contributed by atoms with Crippen LogP contribution in [0, 0.1) is 11.6 Å². The Labute approximate surface area is 122 Å². The lowest BCUT2D eigenvalue weighted by Gasteiger charge is -2.13. The number of Topliss-reactive ketones (excluding diaryl/α,β-unsaturated/α-hetero) is 1. The molecule has 110 valence electrons. The van der Waals surface area contributed by atoms with E-state index in [-0.39, 0.29) is 23.9 Å². The van der Waals surface area contributed by atoms with Gasteiger partial charge in [-0.05, 0) is 37.6 Å². The number of benzene rings is 2. The predicted octanol–water partition coefficient (Wildman–Crippen LogP) is 4.18. The van der Waals surface area contributed by atoms with Crippen LogP contribution in [0.4, 0.5) is 8.78 Å². The summed E-state index contributed by atoms with van der Waals surface area (Å²) in [6.07, 6.45) is -0.202. The summed E-state index contributed by atoms with van der Waals surface area (Å²) >= 11 is 0. The van der Waals surface area contributed by atoms with E-state index in [1.165, 1.54) is 6.07 Å². The summed E-state index contributed by atoms with van der Waals surface area (Å²) in [4.78, 5) is 12.3. The van der Waals surface area contributed by atoms with E-state index in [2.05, 4.69) is 0 Å². The van der Waals surface area contributed by atoms with Crippen molar-refractivity contribution in [2.45, 2.75) is 26.4 Å². The first kappa shape index (κ1) is 15.2. The molecule has 0 aromatic heterocycles. The minimum atomic E-state index is -0.717.